The molecule has 0 saturated heterocycles. The molecule has 2 aromatic carbocycles. The van der Waals surface area contributed by atoms with Crippen molar-refractivity contribution in [2.45, 2.75) is 13.8 Å². The molecule has 0 atom stereocenters. The number of hydrogen-bond donors (Lipinski definition) is 1. The van der Waals surface area contributed by atoms with E-state index in [0.717, 1.165) is 11.1 Å². The summed E-state index contributed by atoms with van der Waals surface area (Å²) in [5, 5.41) is 2.66. The average molecular weight is 353 g/mol. The Labute approximate surface area is 153 Å². The molecule has 0 aliphatic heterocycles. The zero-order valence-corrected chi connectivity index (χ0v) is 15.2. The van der Waals surface area contributed by atoms with Crippen LogP contribution in [0.3, 0.4) is 0 Å². The van der Waals surface area contributed by atoms with Gasteiger partial charge in [-0.3, -0.25) is 9.59 Å². The first-order valence-electron chi connectivity index (χ1n) is 8.40. The maximum atomic E-state index is 12.3. The Morgan fingerprint density at radius 3 is 2.58 bits per heavy atom. The fourth-order valence-electron chi connectivity index (χ4n) is 2.41. The number of allylic oxidation sites excluding steroid dienone is 1. The lowest BCUT2D eigenvalue weighted by atomic mass is 10.0. The van der Waals surface area contributed by atoms with Crippen molar-refractivity contribution < 1.29 is 19.1 Å². The normalized spacial score (nSPS) is 10.6. The van der Waals surface area contributed by atoms with Crippen molar-refractivity contribution in [2.75, 3.05) is 20.3 Å². The molecule has 0 unspecified atom stereocenters. The molecule has 0 aliphatic carbocycles. The molecule has 136 valence electrons. The lowest BCUT2D eigenvalue weighted by Crippen LogP contribution is -2.28. The number of methoxy groups -OCH3 is 1. The van der Waals surface area contributed by atoms with Crippen LogP contribution < -0.4 is 14.8 Å². The lowest BCUT2D eigenvalue weighted by molar-refractivity contribution is -0.123. The summed E-state index contributed by atoms with van der Waals surface area (Å²) >= 11 is 0. The smallest absolute Gasteiger partial charge is 0.257 e. The highest BCUT2D eigenvalue weighted by molar-refractivity contribution is 6.07. The second-order valence-corrected chi connectivity index (χ2v) is 5.66. The highest BCUT2D eigenvalue weighted by atomic mass is 16.5. The van der Waals surface area contributed by atoms with Crippen LogP contribution in [-0.2, 0) is 4.79 Å². The minimum Gasteiger partial charge on any atom is -0.493 e. The average Bonchev–Trinajstić information content (AvgIpc) is 2.65. The molecule has 0 bridgehead atoms. The van der Waals surface area contributed by atoms with E-state index in [9.17, 15) is 9.59 Å². The van der Waals surface area contributed by atoms with Gasteiger partial charge in [-0.05, 0) is 43.2 Å². The Kier molecular flexibility index (Phi) is 6.97. The Morgan fingerprint density at radius 1 is 1.12 bits per heavy atom. The van der Waals surface area contributed by atoms with E-state index >= 15 is 0 Å². The molecule has 5 nitrogen and oxygen atoms in total. The van der Waals surface area contributed by atoms with Gasteiger partial charge in [0.1, 0.15) is 0 Å². The van der Waals surface area contributed by atoms with Crippen LogP contribution in [0.5, 0.6) is 11.5 Å². The Morgan fingerprint density at radius 2 is 1.88 bits per heavy atom. The van der Waals surface area contributed by atoms with Crippen LogP contribution in [-0.4, -0.2) is 32.0 Å². The molecular formula is C21H23NO4. The molecule has 0 heterocycles. The minimum atomic E-state index is -0.192. The van der Waals surface area contributed by atoms with E-state index in [-0.39, 0.29) is 18.3 Å². The molecular weight excluding hydrogens is 330 g/mol. The van der Waals surface area contributed by atoms with Crippen LogP contribution in [0.1, 0.15) is 28.4 Å². The maximum Gasteiger partial charge on any atom is 0.257 e. The third-order valence-corrected chi connectivity index (χ3v) is 3.76. The maximum absolute atomic E-state index is 12.3. The molecule has 26 heavy (non-hydrogen) atoms. The van der Waals surface area contributed by atoms with Gasteiger partial charge in [0.15, 0.2) is 23.9 Å². The highest BCUT2D eigenvalue weighted by Gasteiger charge is 2.08. The number of aryl methyl sites for hydroxylation is 1. The summed E-state index contributed by atoms with van der Waals surface area (Å²) in [6, 6.07) is 12.7. The van der Waals surface area contributed by atoms with E-state index in [1.165, 1.54) is 13.2 Å². The Hall–Kier alpha value is -3.08. The van der Waals surface area contributed by atoms with E-state index < -0.39 is 0 Å². The second kappa shape index (κ2) is 9.42. The van der Waals surface area contributed by atoms with Crippen LogP contribution in [0.2, 0.25) is 0 Å². The van der Waals surface area contributed by atoms with E-state index in [2.05, 4.69) is 5.32 Å². The predicted octanol–water partition coefficient (Wildman–Crippen LogP) is 3.41. The Balaban J connectivity index is 2.10. The summed E-state index contributed by atoms with van der Waals surface area (Å²) in [6.45, 7) is 4.23. The number of carbonyl (C=O) groups excluding carboxylic acids is 2. The molecule has 1 N–H and O–H groups in total. The zero-order valence-electron chi connectivity index (χ0n) is 15.2. The van der Waals surface area contributed by atoms with Crippen molar-refractivity contribution in [1.29, 1.82) is 0 Å². The summed E-state index contributed by atoms with van der Waals surface area (Å²) in [4.78, 5) is 23.8. The molecule has 1 amide bonds. The quantitative estimate of drug-likeness (QED) is 0.583. The molecule has 2 rings (SSSR count). The van der Waals surface area contributed by atoms with Crippen molar-refractivity contribution in [3.63, 3.8) is 0 Å². The topological polar surface area (TPSA) is 64.6 Å². The van der Waals surface area contributed by atoms with E-state index in [0.29, 0.717) is 23.6 Å². The van der Waals surface area contributed by atoms with Gasteiger partial charge in [0.2, 0.25) is 0 Å². The van der Waals surface area contributed by atoms with Gasteiger partial charge in [-0.15, -0.1) is 0 Å². The fraction of sp³-hybridized carbons (Fsp3) is 0.238. The lowest BCUT2D eigenvalue weighted by Gasteiger charge is -2.11. The van der Waals surface area contributed by atoms with Crippen molar-refractivity contribution in [3.8, 4) is 11.5 Å². The number of rotatable bonds is 8. The number of hydrogen-bond acceptors (Lipinski definition) is 4. The highest BCUT2D eigenvalue weighted by Crippen LogP contribution is 2.28. The first-order valence-corrected chi connectivity index (χ1v) is 8.40. The molecule has 0 aliphatic rings. The summed E-state index contributed by atoms with van der Waals surface area (Å²) in [7, 11) is 1.53. The van der Waals surface area contributed by atoms with Crippen molar-refractivity contribution >= 4 is 17.8 Å². The molecule has 5 heteroatoms. The summed E-state index contributed by atoms with van der Waals surface area (Å²) in [5.41, 5.74) is 2.42. The van der Waals surface area contributed by atoms with E-state index in [4.69, 9.17) is 9.47 Å². The molecule has 0 aromatic heterocycles. The van der Waals surface area contributed by atoms with Gasteiger partial charge in [-0.25, -0.2) is 0 Å². The van der Waals surface area contributed by atoms with Gasteiger partial charge in [0.25, 0.3) is 5.91 Å². The molecule has 2 aromatic rings. The third kappa shape index (κ3) is 5.21. The number of likely N-dealkylation sites (N-methyl/N-ethyl adjacent to an activating group) is 1. The minimum absolute atomic E-state index is 0.0568. The number of carbonyl (C=O) groups is 2. The molecule has 0 fully saturated rings. The van der Waals surface area contributed by atoms with Gasteiger partial charge in [0, 0.05) is 12.1 Å². The van der Waals surface area contributed by atoms with Crippen LogP contribution in [0, 0.1) is 6.92 Å². The van der Waals surface area contributed by atoms with E-state index in [1.807, 2.05) is 32.0 Å². The van der Waals surface area contributed by atoms with Gasteiger partial charge < -0.3 is 14.8 Å². The first kappa shape index (κ1) is 19.2. The Bertz CT molecular complexity index is 811. The number of ketones is 1. The second-order valence-electron chi connectivity index (χ2n) is 5.66. The fourth-order valence-corrected chi connectivity index (χ4v) is 2.41. The predicted molar refractivity (Wildman–Crippen MR) is 102 cm³/mol. The van der Waals surface area contributed by atoms with Gasteiger partial charge in [-0.2, -0.15) is 0 Å². The SMILES string of the molecule is CCNC(=O)COc1ccc(/C=C/C(=O)c2ccccc2C)cc1OC. The van der Waals surface area contributed by atoms with Crippen LogP contribution in [0.4, 0.5) is 0 Å². The molecule has 0 radical (unpaired) electrons. The third-order valence-electron chi connectivity index (χ3n) is 3.76. The number of nitrogens with one attached hydrogen (secondary N) is 1. The van der Waals surface area contributed by atoms with Gasteiger partial charge in [0.05, 0.1) is 7.11 Å². The summed E-state index contributed by atoms with van der Waals surface area (Å²) < 4.78 is 10.8. The largest absolute Gasteiger partial charge is 0.493 e. The van der Waals surface area contributed by atoms with Crippen molar-refractivity contribution in [1.82, 2.24) is 5.32 Å². The van der Waals surface area contributed by atoms with Crippen LogP contribution >= 0.6 is 0 Å². The van der Waals surface area contributed by atoms with Crippen LogP contribution in [0.25, 0.3) is 6.08 Å². The standard InChI is InChI=1S/C21H23NO4/c1-4-22-21(24)14-26-19-12-10-16(13-20(19)25-3)9-11-18(23)17-8-6-5-7-15(17)2/h5-13H,4,14H2,1-3H3,(H,22,24)/b11-9+. The van der Waals surface area contributed by atoms with Crippen molar-refractivity contribution in [2.24, 2.45) is 0 Å². The summed E-state index contributed by atoms with van der Waals surface area (Å²) in [6.07, 6.45) is 3.26. The number of ether oxygens (including phenoxy) is 2. The summed E-state index contributed by atoms with van der Waals surface area (Å²) in [5.74, 6) is 0.724. The number of benzene rings is 2. The van der Waals surface area contributed by atoms with Gasteiger partial charge in [-0.1, -0.05) is 36.4 Å². The zero-order chi connectivity index (χ0) is 18.9. The van der Waals surface area contributed by atoms with Crippen LogP contribution in [0.15, 0.2) is 48.5 Å². The van der Waals surface area contributed by atoms with Gasteiger partial charge >= 0.3 is 0 Å². The van der Waals surface area contributed by atoms with E-state index in [1.54, 1.807) is 30.3 Å². The molecule has 0 spiro atoms. The number of amides is 1. The molecule has 0 saturated carbocycles. The first-order chi connectivity index (χ1) is 12.5. The monoisotopic (exact) mass is 353 g/mol. The van der Waals surface area contributed by atoms with Crippen molar-refractivity contribution in [3.05, 3.63) is 65.2 Å².